The standard InChI is InChI=1S/C33H34N2O5/c1-23-13-15-25(16-14-23)22-35(31(36)19-24-9-6-5-7-10-24)32(26-11-8-12-27(20-26)38-2)33(37)34-29-18-17-28(39-3)21-30(29)40-4/h5-18,20-21,32H,19,22H2,1-4H3,(H,34,37). The Morgan fingerprint density at radius 1 is 0.750 bits per heavy atom. The van der Waals surface area contributed by atoms with E-state index in [9.17, 15) is 9.59 Å². The quantitative estimate of drug-likeness (QED) is 0.255. The number of carbonyl (C=O) groups excluding carboxylic acids is 2. The third-order valence-corrected chi connectivity index (χ3v) is 6.63. The third kappa shape index (κ3) is 6.99. The summed E-state index contributed by atoms with van der Waals surface area (Å²) in [5.41, 5.74) is 3.97. The van der Waals surface area contributed by atoms with Gasteiger partial charge in [-0.15, -0.1) is 0 Å². The number of aryl methyl sites for hydroxylation is 1. The molecule has 0 spiro atoms. The molecule has 1 N–H and O–H groups in total. The van der Waals surface area contributed by atoms with Gasteiger partial charge in [0.05, 0.1) is 33.4 Å². The summed E-state index contributed by atoms with van der Waals surface area (Å²) >= 11 is 0. The van der Waals surface area contributed by atoms with Gasteiger partial charge in [-0.25, -0.2) is 0 Å². The van der Waals surface area contributed by atoms with Gasteiger partial charge in [0, 0.05) is 12.6 Å². The highest BCUT2D eigenvalue weighted by atomic mass is 16.5. The normalized spacial score (nSPS) is 11.3. The topological polar surface area (TPSA) is 77.1 Å². The summed E-state index contributed by atoms with van der Waals surface area (Å²) in [6.07, 6.45) is 0.145. The van der Waals surface area contributed by atoms with Gasteiger partial charge in [0.2, 0.25) is 5.91 Å². The van der Waals surface area contributed by atoms with E-state index in [1.165, 1.54) is 7.11 Å². The molecular formula is C33H34N2O5. The van der Waals surface area contributed by atoms with Gasteiger partial charge < -0.3 is 24.4 Å². The summed E-state index contributed by atoms with van der Waals surface area (Å²) < 4.78 is 16.3. The van der Waals surface area contributed by atoms with Gasteiger partial charge in [-0.05, 0) is 47.9 Å². The Labute approximate surface area is 235 Å². The van der Waals surface area contributed by atoms with E-state index in [1.807, 2.05) is 73.7 Å². The van der Waals surface area contributed by atoms with E-state index in [2.05, 4.69) is 5.32 Å². The zero-order valence-electron chi connectivity index (χ0n) is 23.2. The lowest BCUT2D eigenvalue weighted by atomic mass is 10.0. The molecule has 0 aliphatic carbocycles. The van der Waals surface area contributed by atoms with Crippen molar-refractivity contribution in [2.75, 3.05) is 26.6 Å². The average Bonchev–Trinajstić information content (AvgIpc) is 2.98. The summed E-state index contributed by atoms with van der Waals surface area (Å²) in [5.74, 6) is 1.06. The first-order chi connectivity index (χ1) is 19.4. The van der Waals surface area contributed by atoms with Crippen molar-refractivity contribution in [3.8, 4) is 17.2 Å². The van der Waals surface area contributed by atoms with Crippen LogP contribution in [0.5, 0.6) is 17.2 Å². The van der Waals surface area contributed by atoms with Crippen LogP contribution in [0, 0.1) is 6.92 Å². The lowest BCUT2D eigenvalue weighted by molar-refractivity contribution is -0.139. The summed E-state index contributed by atoms with van der Waals surface area (Å²) in [7, 11) is 4.66. The summed E-state index contributed by atoms with van der Waals surface area (Å²) in [5, 5.41) is 2.99. The zero-order valence-corrected chi connectivity index (χ0v) is 23.2. The van der Waals surface area contributed by atoms with Gasteiger partial charge >= 0.3 is 0 Å². The Balaban J connectivity index is 1.78. The molecule has 4 aromatic rings. The number of carbonyl (C=O) groups is 2. The van der Waals surface area contributed by atoms with Crippen LogP contribution < -0.4 is 19.5 Å². The molecule has 206 valence electrons. The fourth-order valence-electron chi connectivity index (χ4n) is 4.47. The number of anilines is 1. The molecule has 0 heterocycles. The van der Waals surface area contributed by atoms with Crippen LogP contribution in [0.2, 0.25) is 0 Å². The number of rotatable bonds is 11. The van der Waals surface area contributed by atoms with Crippen LogP contribution >= 0.6 is 0 Å². The molecular weight excluding hydrogens is 504 g/mol. The first kappa shape index (κ1) is 28.2. The first-order valence-corrected chi connectivity index (χ1v) is 13.0. The van der Waals surface area contributed by atoms with Crippen LogP contribution in [0.3, 0.4) is 0 Å². The third-order valence-electron chi connectivity index (χ3n) is 6.63. The molecule has 0 aliphatic heterocycles. The molecule has 2 amide bonds. The molecule has 0 aromatic heterocycles. The van der Waals surface area contributed by atoms with E-state index in [0.717, 1.165) is 16.7 Å². The van der Waals surface area contributed by atoms with Crippen molar-refractivity contribution in [3.05, 3.63) is 119 Å². The number of nitrogens with zero attached hydrogens (tertiary/aromatic N) is 1. The van der Waals surface area contributed by atoms with Gasteiger partial charge in [0.15, 0.2) is 0 Å². The molecule has 1 unspecified atom stereocenters. The fourth-order valence-corrected chi connectivity index (χ4v) is 4.47. The predicted molar refractivity (Wildman–Crippen MR) is 156 cm³/mol. The number of benzene rings is 4. The largest absolute Gasteiger partial charge is 0.497 e. The van der Waals surface area contributed by atoms with Crippen molar-refractivity contribution in [2.24, 2.45) is 0 Å². The monoisotopic (exact) mass is 538 g/mol. The maximum atomic E-state index is 14.1. The van der Waals surface area contributed by atoms with E-state index < -0.39 is 6.04 Å². The van der Waals surface area contributed by atoms with Crippen molar-refractivity contribution in [1.29, 1.82) is 0 Å². The minimum atomic E-state index is -0.959. The Bertz CT molecular complexity index is 1440. The van der Waals surface area contributed by atoms with Crippen molar-refractivity contribution >= 4 is 17.5 Å². The SMILES string of the molecule is COc1cccc(C(C(=O)Nc2ccc(OC)cc2OC)N(Cc2ccc(C)cc2)C(=O)Cc2ccccc2)c1. The predicted octanol–water partition coefficient (Wildman–Crippen LogP) is 5.97. The minimum absolute atomic E-state index is 0.145. The lowest BCUT2D eigenvalue weighted by Gasteiger charge is -2.32. The molecule has 0 radical (unpaired) electrons. The molecule has 1 atom stereocenters. The van der Waals surface area contributed by atoms with Gasteiger partial charge in [0.25, 0.3) is 5.91 Å². The highest BCUT2D eigenvalue weighted by molar-refractivity contribution is 5.99. The second kappa shape index (κ2) is 13.3. The van der Waals surface area contributed by atoms with E-state index in [-0.39, 0.29) is 24.8 Å². The molecule has 7 nitrogen and oxygen atoms in total. The summed E-state index contributed by atoms with van der Waals surface area (Å²) in [4.78, 5) is 29.8. The molecule has 0 bridgehead atoms. The second-order valence-electron chi connectivity index (χ2n) is 9.40. The molecule has 4 rings (SSSR count). The number of hydrogen-bond donors (Lipinski definition) is 1. The maximum absolute atomic E-state index is 14.1. The molecule has 0 saturated carbocycles. The molecule has 7 heteroatoms. The summed E-state index contributed by atoms with van der Waals surface area (Å²) in [6.45, 7) is 2.25. The molecule has 40 heavy (non-hydrogen) atoms. The second-order valence-corrected chi connectivity index (χ2v) is 9.40. The van der Waals surface area contributed by atoms with Crippen LogP contribution in [-0.4, -0.2) is 38.0 Å². The van der Waals surface area contributed by atoms with E-state index in [1.54, 1.807) is 49.5 Å². The Morgan fingerprint density at radius 3 is 2.12 bits per heavy atom. The highest BCUT2D eigenvalue weighted by Crippen LogP contribution is 2.33. The Kier molecular flexibility index (Phi) is 9.41. The van der Waals surface area contributed by atoms with E-state index in [4.69, 9.17) is 14.2 Å². The summed E-state index contributed by atoms with van der Waals surface area (Å²) in [6, 6.07) is 28.9. The van der Waals surface area contributed by atoms with Crippen molar-refractivity contribution in [3.63, 3.8) is 0 Å². The molecule has 0 fully saturated rings. The smallest absolute Gasteiger partial charge is 0.251 e. The van der Waals surface area contributed by atoms with Crippen molar-refractivity contribution in [2.45, 2.75) is 25.9 Å². The van der Waals surface area contributed by atoms with Crippen LogP contribution in [0.4, 0.5) is 5.69 Å². The minimum Gasteiger partial charge on any atom is -0.497 e. The van der Waals surface area contributed by atoms with E-state index in [0.29, 0.717) is 28.5 Å². The van der Waals surface area contributed by atoms with E-state index >= 15 is 0 Å². The van der Waals surface area contributed by atoms with Gasteiger partial charge in [-0.1, -0.05) is 72.3 Å². The average molecular weight is 539 g/mol. The molecule has 0 aliphatic rings. The number of hydrogen-bond acceptors (Lipinski definition) is 5. The van der Waals surface area contributed by atoms with Crippen LogP contribution in [0.1, 0.15) is 28.3 Å². The Hall–Kier alpha value is -4.78. The maximum Gasteiger partial charge on any atom is 0.251 e. The first-order valence-electron chi connectivity index (χ1n) is 13.0. The van der Waals surface area contributed by atoms with Crippen LogP contribution in [0.15, 0.2) is 97.1 Å². The van der Waals surface area contributed by atoms with Gasteiger partial charge in [-0.3, -0.25) is 9.59 Å². The molecule has 4 aromatic carbocycles. The zero-order chi connectivity index (χ0) is 28.5. The number of amides is 2. The fraction of sp³-hybridized carbons (Fsp3) is 0.212. The van der Waals surface area contributed by atoms with Crippen LogP contribution in [0.25, 0.3) is 0 Å². The van der Waals surface area contributed by atoms with Crippen molar-refractivity contribution in [1.82, 2.24) is 4.90 Å². The number of ether oxygens (including phenoxy) is 3. The highest BCUT2D eigenvalue weighted by Gasteiger charge is 2.32. The van der Waals surface area contributed by atoms with Gasteiger partial charge in [0.1, 0.15) is 23.3 Å². The Morgan fingerprint density at radius 2 is 1.45 bits per heavy atom. The molecule has 0 saturated heterocycles. The van der Waals surface area contributed by atoms with Crippen LogP contribution in [-0.2, 0) is 22.6 Å². The van der Waals surface area contributed by atoms with Gasteiger partial charge in [-0.2, -0.15) is 0 Å². The lowest BCUT2D eigenvalue weighted by Crippen LogP contribution is -2.41. The van der Waals surface area contributed by atoms with Crippen molar-refractivity contribution < 1.29 is 23.8 Å². The number of nitrogens with one attached hydrogen (secondary N) is 1. The number of methoxy groups -OCH3 is 3.